The standard InChI is InChI=1S/C24H23N3O5S.H2/c1-15-20(16-3-6-19(7-4-16)33(29,30)25-2)12-18(13-26-15)27-23(28)24(9-10-24)17-5-8-21-22(11-17)32-14-31-21;/h3-8,11-13,25H,9-10,14H2,1-2H3,(H,27,28);1H. The second kappa shape index (κ2) is 7.86. The van der Waals surface area contributed by atoms with E-state index in [-0.39, 0.29) is 19.0 Å². The number of sulfonamides is 1. The molecule has 5 rings (SSSR count). The number of ether oxygens (including phenoxy) is 2. The van der Waals surface area contributed by atoms with Crippen LogP contribution >= 0.6 is 0 Å². The summed E-state index contributed by atoms with van der Waals surface area (Å²) in [6, 6.07) is 14.1. The smallest absolute Gasteiger partial charge is 0.240 e. The number of carbonyl (C=O) groups is 1. The lowest BCUT2D eigenvalue weighted by Crippen LogP contribution is -2.27. The van der Waals surface area contributed by atoms with Crippen molar-refractivity contribution in [1.82, 2.24) is 9.71 Å². The van der Waals surface area contributed by atoms with Gasteiger partial charge in [0.15, 0.2) is 11.5 Å². The first-order valence-corrected chi connectivity index (χ1v) is 12.0. The minimum Gasteiger partial charge on any atom is -0.454 e. The maximum absolute atomic E-state index is 13.2. The van der Waals surface area contributed by atoms with Gasteiger partial charge in [0, 0.05) is 12.7 Å². The van der Waals surface area contributed by atoms with E-state index in [0.29, 0.717) is 17.2 Å². The Balaban J connectivity index is 0.00000274. The highest BCUT2D eigenvalue weighted by atomic mass is 32.2. The summed E-state index contributed by atoms with van der Waals surface area (Å²) in [6.45, 7) is 2.06. The quantitative estimate of drug-likeness (QED) is 0.574. The average Bonchev–Trinajstić information content (AvgIpc) is 3.51. The number of nitrogens with one attached hydrogen (secondary N) is 2. The third-order valence-electron chi connectivity index (χ3n) is 6.20. The van der Waals surface area contributed by atoms with E-state index in [4.69, 9.17) is 9.47 Å². The molecule has 1 aliphatic heterocycles. The molecule has 0 atom stereocenters. The number of rotatable bonds is 6. The van der Waals surface area contributed by atoms with Crippen molar-refractivity contribution in [3.05, 3.63) is 66.0 Å². The van der Waals surface area contributed by atoms with Crippen LogP contribution in [0, 0.1) is 6.92 Å². The van der Waals surface area contributed by atoms with Crippen molar-refractivity contribution in [3.63, 3.8) is 0 Å². The first kappa shape index (κ1) is 21.4. The molecule has 9 heteroatoms. The molecule has 33 heavy (non-hydrogen) atoms. The van der Waals surface area contributed by atoms with Crippen LogP contribution in [0.2, 0.25) is 0 Å². The fraction of sp³-hybridized carbons (Fsp3) is 0.250. The molecule has 1 amide bonds. The zero-order chi connectivity index (χ0) is 23.2. The van der Waals surface area contributed by atoms with Gasteiger partial charge in [0.2, 0.25) is 22.7 Å². The summed E-state index contributed by atoms with van der Waals surface area (Å²) in [6.07, 6.45) is 3.14. The fourth-order valence-corrected chi connectivity index (χ4v) is 4.77. The average molecular weight is 468 g/mol. The Bertz CT molecular complexity index is 1360. The summed E-state index contributed by atoms with van der Waals surface area (Å²) < 4.78 is 37.1. The van der Waals surface area contributed by atoms with Gasteiger partial charge in [-0.05, 0) is 68.3 Å². The number of fused-ring (bicyclic) bond motifs is 1. The van der Waals surface area contributed by atoms with Gasteiger partial charge in [-0.2, -0.15) is 0 Å². The monoisotopic (exact) mass is 467 g/mol. The molecule has 3 aromatic rings. The SMILES string of the molecule is CNS(=O)(=O)c1ccc(-c2cc(NC(=O)C3(c4ccc5c(c4)OCO5)CC3)cnc2C)cc1.[HH]. The van der Waals surface area contributed by atoms with Gasteiger partial charge in [-0.3, -0.25) is 9.78 Å². The molecule has 0 saturated heterocycles. The van der Waals surface area contributed by atoms with Gasteiger partial charge < -0.3 is 14.8 Å². The maximum atomic E-state index is 13.2. The largest absolute Gasteiger partial charge is 0.454 e. The van der Waals surface area contributed by atoms with Gasteiger partial charge in [0.25, 0.3) is 0 Å². The van der Waals surface area contributed by atoms with E-state index >= 15 is 0 Å². The minimum absolute atomic E-state index is 0. The topological polar surface area (TPSA) is 107 Å². The van der Waals surface area contributed by atoms with Crippen molar-refractivity contribution in [2.75, 3.05) is 19.2 Å². The molecule has 1 aliphatic carbocycles. The Kier molecular flexibility index (Phi) is 5.10. The number of nitrogens with zero attached hydrogens (tertiary/aromatic N) is 1. The molecule has 1 fully saturated rings. The Morgan fingerprint density at radius 1 is 1.06 bits per heavy atom. The van der Waals surface area contributed by atoms with Crippen molar-refractivity contribution in [2.45, 2.75) is 30.1 Å². The molecular formula is C24H25N3O5S. The summed E-state index contributed by atoms with van der Waals surface area (Å²) in [5, 5.41) is 3.01. The first-order chi connectivity index (χ1) is 15.8. The first-order valence-electron chi connectivity index (χ1n) is 10.5. The van der Waals surface area contributed by atoms with Crippen LogP contribution in [0.3, 0.4) is 0 Å². The molecule has 2 aromatic carbocycles. The predicted molar refractivity (Wildman–Crippen MR) is 125 cm³/mol. The molecule has 2 aliphatic rings. The van der Waals surface area contributed by atoms with Crippen molar-refractivity contribution >= 4 is 21.6 Å². The third kappa shape index (κ3) is 3.83. The zero-order valence-corrected chi connectivity index (χ0v) is 19.0. The lowest BCUT2D eigenvalue weighted by Gasteiger charge is -2.17. The molecule has 2 N–H and O–H groups in total. The van der Waals surface area contributed by atoms with E-state index in [0.717, 1.165) is 35.2 Å². The lowest BCUT2D eigenvalue weighted by atomic mass is 9.94. The molecule has 0 radical (unpaired) electrons. The molecule has 8 nitrogen and oxygen atoms in total. The van der Waals surface area contributed by atoms with Gasteiger partial charge in [0.05, 0.1) is 22.2 Å². The maximum Gasteiger partial charge on any atom is 0.240 e. The zero-order valence-electron chi connectivity index (χ0n) is 18.2. The fourth-order valence-electron chi connectivity index (χ4n) is 4.04. The van der Waals surface area contributed by atoms with Crippen LogP contribution < -0.4 is 19.5 Å². The van der Waals surface area contributed by atoms with Crippen molar-refractivity contribution < 1.29 is 24.1 Å². The molecular weight excluding hydrogens is 442 g/mol. The van der Waals surface area contributed by atoms with Gasteiger partial charge >= 0.3 is 0 Å². The minimum atomic E-state index is -3.51. The Labute approximate surface area is 193 Å². The van der Waals surface area contributed by atoms with Crippen LogP contribution in [0.15, 0.2) is 59.6 Å². The molecule has 1 saturated carbocycles. The highest BCUT2D eigenvalue weighted by molar-refractivity contribution is 7.89. The van der Waals surface area contributed by atoms with E-state index in [2.05, 4.69) is 15.0 Å². The summed E-state index contributed by atoms with van der Waals surface area (Å²) in [4.78, 5) is 17.9. The molecule has 0 spiro atoms. The number of amides is 1. The van der Waals surface area contributed by atoms with Crippen LogP contribution in [0.5, 0.6) is 11.5 Å². The number of benzene rings is 2. The van der Waals surface area contributed by atoms with Crippen LogP contribution in [0.1, 0.15) is 25.5 Å². The number of hydrogen-bond acceptors (Lipinski definition) is 6. The van der Waals surface area contributed by atoms with Crippen LogP contribution in [0.4, 0.5) is 5.69 Å². The second-order valence-corrected chi connectivity index (χ2v) is 10.1. The molecule has 0 unspecified atom stereocenters. The van der Waals surface area contributed by atoms with Gasteiger partial charge in [0.1, 0.15) is 0 Å². The van der Waals surface area contributed by atoms with E-state index < -0.39 is 15.4 Å². The van der Waals surface area contributed by atoms with Gasteiger partial charge in [-0.1, -0.05) is 18.2 Å². The Morgan fingerprint density at radius 2 is 1.79 bits per heavy atom. The number of aryl methyl sites for hydroxylation is 1. The number of pyridine rings is 1. The summed E-state index contributed by atoms with van der Waals surface area (Å²) in [7, 11) is -2.14. The molecule has 1 aromatic heterocycles. The lowest BCUT2D eigenvalue weighted by molar-refractivity contribution is -0.118. The second-order valence-electron chi connectivity index (χ2n) is 8.19. The van der Waals surface area contributed by atoms with Gasteiger partial charge in [-0.15, -0.1) is 0 Å². The predicted octanol–water partition coefficient (Wildman–Crippen LogP) is 3.61. The van der Waals surface area contributed by atoms with E-state index in [1.54, 1.807) is 30.5 Å². The van der Waals surface area contributed by atoms with Gasteiger partial charge in [-0.25, -0.2) is 13.1 Å². The Hall–Kier alpha value is -3.43. The van der Waals surface area contributed by atoms with Crippen molar-refractivity contribution in [2.24, 2.45) is 0 Å². The van der Waals surface area contributed by atoms with Crippen molar-refractivity contribution in [3.8, 4) is 22.6 Å². The summed E-state index contributed by atoms with van der Waals surface area (Å²) >= 11 is 0. The molecule has 0 bridgehead atoms. The molecule has 2 heterocycles. The van der Waals surface area contributed by atoms with E-state index in [1.807, 2.05) is 31.2 Å². The Morgan fingerprint density at radius 3 is 2.48 bits per heavy atom. The van der Waals surface area contributed by atoms with E-state index in [9.17, 15) is 13.2 Å². The summed E-state index contributed by atoms with van der Waals surface area (Å²) in [5.41, 5.74) is 3.30. The third-order valence-corrected chi connectivity index (χ3v) is 7.63. The van der Waals surface area contributed by atoms with Crippen LogP contribution in [-0.2, 0) is 20.2 Å². The highest BCUT2D eigenvalue weighted by Crippen LogP contribution is 2.51. The van der Waals surface area contributed by atoms with Crippen LogP contribution in [0.25, 0.3) is 11.1 Å². The van der Waals surface area contributed by atoms with E-state index in [1.165, 1.54) is 7.05 Å². The molecule has 172 valence electrons. The number of aromatic nitrogens is 1. The van der Waals surface area contributed by atoms with Crippen molar-refractivity contribution in [1.29, 1.82) is 0 Å². The number of carbonyl (C=O) groups excluding carboxylic acids is 1. The number of hydrogen-bond donors (Lipinski definition) is 2. The number of anilines is 1. The van der Waals surface area contributed by atoms with Crippen LogP contribution in [-0.4, -0.2) is 33.1 Å². The highest BCUT2D eigenvalue weighted by Gasteiger charge is 2.51. The normalized spacial score (nSPS) is 15.8. The summed E-state index contributed by atoms with van der Waals surface area (Å²) in [5.74, 6) is 1.26.